The molecule has 5 rings (SSSR count). The summed E-state index contributed by atoms with van der Waals surface area (Å²) in [6, 6.07) is 18.2. The number of rotatable bonds is 10. The molecule has 1 unspecified atom stereocenters. The highest BCUT2D eigenvalue weighted by molar-refractivity contribution is 5.81. The Balaban J connectivity index is 1.27. The van der Waals surface area contributed by atoms with Crippen molar-refractivity contribution in [3.63, 3.8) is 0 Å². The summed E-state index contributed by atoms with van der Waals surface area (Å²) in [6.45, 7) is -0.721. The molecule has 7 nitrogen and oxygen atoms in total. The number of hydrogen-bond acceptors (Lipinski definition) is 5. The standard InChI is InChI=1S/C32H24F5NO6/c1-42-24-11-10-16(12-17(24)14-43-30-28(36)26(34)25(33)27(35)29(30)37)13-23(31(39)40)38-32(41)44-15-22-20-8-4-2-6-18(20)19-7-3-5-9-21(19)22/h2-12,22-23H,13-15H2,1H3,(H,38,41)(H,39,40). The molecule has 44 heavy (non-hydrogen) atoms. The molecule has 0 radical (unpaired) electrons. The lowest BCUT2D eigenvalue weighted by Crippen LogP contribution is -2.42. The van der Waals surface area contributed by atoms with Crippen LogP contribution in [0, 0.1) is 29.1 Å². The Hall–Kier alpha value is -5.13. The lowest BCUT2D eigenvalue weighted by Gasteiger charge is -2.18. The Labute approximate surface area is 247 Å². The van der Waals surface area contributed by atoms with E-state index in [0.717, 1.165) is 22.3 Å². The van der Waals surface area contributed by atoms with Crippen LogP contribution in [0.15, 0.2) is 66.7 Å². The van der Waals surface area contributed by atoms with E-state index in [0.29, 0.717) is 5.56 Å². The minimum atomic E-state index is -2.32. The summed E-state index contributed by atoms with van der Waals surface area (Å²) in [4.78, 5) is 24.7. The number of amides is 1. The van der Waals surface area contributed by atoms with Crippen molar-refractivity contribution in [2.75, 3.05) is 13.7 Å². The Bertz CT molecular complexity index is 1670. The van der Waals surface area contributed by atoms with Gasteiger partial charge in [0.2, 0.25) is 29.1 Å². The van der Waals surface area contributed by atoms with Crippen molar-refractivity contribution in [1.82, 2.24) is 5.32 Å². The van der Waals surface area contributed by atoms with Gasteiger partial charge < -0.3 is 24.6 Å². The van der Waals surface area contributed by atoms with Crippen LogP contribution < -0.4 is 14.8 Å². The molecule has 1 atom stereocenters. The second-order valence-electron chi connectivity index (χ2n) is 9.90. The number of carbonyl (C=O) groups excluding carboxylic acids is 1. The van der Waals surface area contributed by atoms with Gasteiger partial charge in [-0.3, -0.25) is 0 Å². The monoisotopic (exact) mass is 613 g/mol. The number of ether oxygens (including phenoxy) is 3. The third-order valence-electron chi connectivity index (χ3n) is 7.26. The quantitative estimate of drug-likeness (QED) is 0.120. The fourth-order valence-electron chi connectivity index (χ4n) is 5.15. The Morgan fingerprint density at radius 2 is 1.41 bits per heavy atom. The predicted molar refractivity (Wildman–Crippen MR) is 147 cm³/mol. The normalized spacial score (nSPS) is 12.7. The molecule has 4 aromatic rings. The maximum absolute atomic E-state index is 14.1. The van der Waals surface area contributed by atoms with Crippen LogP contribution in [0.3, 0.4) is 0 Å². The zero-order valence-corrected chi connectivity index (χ0v) is 23.0. The number of carbonyl (C=O) groups is 2. The van der Waals surface area contributed by atoms with E-state index >= 15 is 0 Å². The molecule has 1 amide bonds. The van der Waals surface area contributed by atoms with Crippen molar-refractivity contribution in [3.8, 4) is 22.6 Å². The van der Waals surface area contributed by atoms with Gasteiger partial charge in [-0.1, -0.05) is 54.6 Å². The van der Waals surface area contributed by atoms with Gasteiger partial charge in [-0.2, -0.15) is 8.78 Å². The maximum atomic E-state index is 14.1. The topological polar surface area (TPSA) is 94.1 Å². The van der Waals surface area contributed by atoms with E-state index in [1.807, 2.05) is 48.5 Å². The molecule has 0 saturated heterocycles. The fraction of sp³-hybridized carbons (Fsp3) is 0.188. The van der Waals surface area contributed by atoms with Gasteiger partial charge in [0.1, 0.15) is 25.0 Å². The first kappa shape index (κ1) is 30.3. The lowest BCUT2D eigenvalue weighted by atomic mass is 9.98. The molecule has 0 spiro atoms. The largest absolute Gasteiger partial charge is 0.496 e. The number of halogens is 5. The number of hydrogen-bond donors (Lipinski definition) is 2. The third-order valence-corrected chi connectivity index (χ3v) is 7.26. The minimum Gasteiger partial charge on any atom is -0.496 e. The van der Waals surface area contributed by atoms with E-state index in [-0.39, 0.29) is 30.3 Å². The molecule has 0 bridgehead atoms. The number of aliphatic carboxylic acids is 1. The van der Waals surface area contributed by atoms with E-state index in [9.17, 15) is 36.6 Å². The summed E-state index contributed by atoms with van der Waals surface area (Å²) in [5.41, 5.74) is 4.46. The zero-order chi connectivity index (χ0) is 31.5. The molecule has 2 N–H and O–H groups in total. The second kappa shape index (κ2) is 12.6. The van der Waals surface area contributed by atoms with Crippen LogP contribution in [0.1, 0.15) is 28.2 Å². The van der Waals surface area contributed by atoms with E-state index in [4.69, 9.17) is 14.2 Å². The molecule has 228 valence electrons. The van der Waals surface area contributed by atoms with Gasteiger partial charge in [0.05, 0.1) is 7.11 Å². The molecular formula is C32H24F5NO6. The SMILES string of the molecule is COc1ccc(CC(NC(=O)OCC2c3ccccc3-c3ccccc32)C(=O)O)cc1COc1c(F)c(F)c(F)c(F)c1F. The van der Waals surface area contributed by atoms with Gasteiger partial charge in [0.15, 0.2) is 5.75 Å². The summed E-state index contributed by atoms with van der Waals surface area (Å²) in [5.74, 6) is -13.9. The van der Waals surface area contributed by atoms with Crippen molar-refractivity contribution >= 4 is 12.1 Å². The first-order valence-corrected chi connectivity index (χ1v) is 13.2. The Kier molecular flexibility index (Phi) is 8.70. The van der Waals surface area contributed by atoms with Gasteiger partial charge in [-0.05, 0) is 39.9 Å². The van der Waals surface area contributed by atoms with Crippen LogP contribution in [0.2, 0.25) is 0 Å². The van der Waals surface area contributed by atoms with Gasteiger partial charge >= 0.3 is 12.1 Å². The Morgan fingerprint density at radius 3 is 1.98 bits per heavy atom. The average molecular weight is 614 g/mol. The van der Waals surface area contributed by atoms with Crippen LogP contribution in [0.4, 0.5) is 26.7 Å². The number of benzene rings is 4. The van der Waals surface area contributed by atoms with Crippen LogP contribution >= 0.6 is 0 Å². The molecule has 0 fully saturated rings. The number of nitrogens with one attached hydrogen (secondary N) is 1. The fourth-order valence-corrected chi connectivity index (χ4v) is 5.15. The number of alkyl carbamates (subject to hydrolysis) is 1. The van der Waals surface area contributed by atoms with Gasteiger partial charge in [-0.25, -0.2) is 22.8 Å². The maximum Gasteiger partial charge on any atom is 0.407 e. The third kappa shape index (κ3) is 5.87. The summed E-state index contributed by atoms with van der Waals surface area (Å²) in [7, 11) is 1.27. The number of carboxylic acid groups (broad SMARTS) is 1. The molecule has 0 heterocycles. The zero-order valence-electron chi connectivity index (χ0n) is 23.0. The summed E-state index contributed by atoms with van der Waals surface area (Å²) in [5, 5.41) is 12.1. The summed E-state index contributed by atoms with van der Waals surface area (Å²) >= 11 is 0. The van der Waals surface area contributed by atoms with E-state index in [1.54, 1.807) is 0 Å². The van der Waals surface area contributed by atoms with Crippen molar-refractivity contribution < 1.29 is 50.9 Å². The highest BCUT2D eigenvalue weighted by atomic mass is 19.2. The molecular weight excluding hydrogens is 589 g/mol. The lowest BCUT2D eigenvalue weighted by molar-refractivity contribution is -0.139. The van der Waals surface area contributed by atoms with Crippen LogP contribution in [0.5, 0.6) is 11.5 Å². The molecule has 0 aromatic heterocycles. The van der Waals surface area contributed by atoms with E-state index in [1.165, 1.54) is 25.3 Å². The molecule has 4 aromatic carbocycles. The van der Waals surface area contributed by atoms with Crippen LogP contribution in [-0.2, 0) is 22.6 Å². The van der Waals surface area contributed by atoms with Gasteiger partial charge in [0.25, 0.3) is 0 Å². The summed E-state index contributed by atoms with van der Waals surface area (Å²) < 4.78 is 84.2. The molecule has 12 heteroatoms. The smallest absolute Gasteiger partial charge is 0.407 e. The van der Waals surface area contributed by atoms with Crippen molar-refractivity contribution in [2.24, 2.45) is 0 Å². The first-order valence-electron chi connectivity index (χ1n) is 13.2. The van der Waals surface area contributed by atoms with E-state index in [2.05, 4.69) is 5.32 Å². The number of carboxylic acids is 1. The Morgan fingerprint density at radius 1 is 0.841 bits per heavy atom. The van der Waals surface area contributed by atoms with Crippen molar-refractivity contribution in [2.45, 2.75) is 25.0 Å². The van der Waals surface area contributed by atoms with Crippen molar-refractivity contribution in [1.29, 1.82) is 0 Å². The van der Waals surface area contributed by atoms with Gasteiger partial charge in [0, 0.05) is 17.9 Å². The molecule has 1 aliphatic carbocycles. The van der Waals surface area contributed by atoms with Crippen LogP contribution in [0.25, 0.3) is 11.1 Å². The highest BCUT2D eigenvalue weighted by Gasteiger charge is 2.30. The summed E-state index contributed by atoms with van der Waals surface area (Å²) in [6.07, 6.45) is -1.21. The van der Waals surface area contributed by atoms with Crippen LogP contribution in [-0.4, -0.2) is 36.9 Å². The first-order chi connectivity index (χ1) is 21.1. The predicted octanol–water partition coefficient (Wildman–Crippen LogP) is 6.50. The van der Waals surface area contributed by atoms with E-state index < -0.39 is 59.5 Å². The second-order valence-corrected chi connectivity index (χ2v) is 9.90. The molecule has 0 aliphatic heterocycles. The number of fused-ring (bicyclic) bond motifs is 3. The molecule has 1 aliphatic rings. The minimum absolute atomic E-state index is 0.0338. The van der Waals surface area contributed by atoms with Crippen molar-refractivity contribution in [3.05, 3.63) is 118 Å². The molecule has 0 saturated carbocycles. The average Bonchev–Trinajstić information content (AvgIpc) is 3.35. The number of methoxy groups -OCH3 is 1. The highest BCUT2D eigenvalue weighted by Crippen LogP contribution is 2.44. The van der Waals surface area contributed by atoms with Gasteiger partial charge in [-0.15, -0.1) is 0 Å².